The minimum Gasteiger partial charge on any atom is -0.490 e. The van der Waals surface area contributed by atoms with Gasteiger partial charge < -0.3 is 39.2 Å². The minimum atomic E-state index is -3.95. The standard InChI is InChI=1S/C37H48N4O9S/c1-24-9-13-30(14-10-24)51(45,46)39-29-12-15-32-31(18-29)36(43)41(26(3)22-42)20-25(2)35(47-17-7-6-8-27(4)50-32)21-40(5)37(44)38-28-11-16-33-34(19-28)49-23-48-33/h9-16,18-19,25-27,35,39,42H,6-8,17,20-23H2,1-5H3,(H,38,44)/t25-,26+,27+,35-/m0/s1. The number of urea groups is 1. The highest BCUT2D eigenvalue weighted by molar-refractivity contribution is 7.92. The van der Waals surface area contributed by atoms with Crippen LogP contribution in [0.3, 0.4) is 0 Å². The molecule has 0 aliphatic carbocycles. The summed E-state index contributed by atoms with van der Waals surface area (Å²) in [6.45, 7) is 8.14. The molecule has 2 aliphatic rings. The third-order valence-corrected chi connectivity index (χ3v) is 10.5. The Morgan fingerprint density at radius 1 is 1.00 bits per heavy atom. The van der Waals surface area contributed by atoms with Crippen molar-refractivity contribution in [1.82, 2.24) is 9.80 Å². The van der Waals surface area contributed by atoms with Gasteiger partial charge in [0.25, 0.3) is 15.9 Å². The van der Waals surface area contributed by atoms with E-state index in [0.717, 1.165) is 18.4 Å². The molecule has 13 nitrogen and oxygen atoms in total. The Labute approximate surface area is 299 Å². The summed E-state index contributed by atoms with van der Waals surface area (Å²) in [5.41, 5.74) is 1.84. The van der Waals surface area contributed by atoms with Crippen LogP contribution in [-0.4, -0.2) is 93.7 Å². The monoisotopic (exact) mass is 724 g/mol. The summed E-state index contributed by atoms with van der Waals surface area (Å²) in [6.07, 6.45) is 1.54. The minimum absolute atomic E-state index is 0.0920. The second kappa shape index (κ2) is 16.7. The fraction of sp³-hybridized carbons (Fsp3) is 0.459. The first kappa shape index (κ1) is 37.7. The fourth-order valence-electron chi connectivity index (χ4n) is 5.93. The molecule has 5 rings (SSSR count). The van der Waals surface area contributed by atoms with E-state index in [0.29, 0.717) is 36.0 Å². The van der Waals surface area contributed by atoms with Crippen LogP contribution in [0.25, 0.3) is 0 Å². The zero-order valence-electron chi connectivity index (χ0n) is 29.8. The zero-order valence-corrected chi connectivity index (χ0v) is 30.6. The van der Waals surface area contributed by atoms with E-state index >= 15 is 0 Å². The van der Waals surface area contributed by atoms with E-state index in [9.17, 15) is 23.1 Å². The molecule has 3 aromatic rings. The first-order chi connectivity index (χ1) is 24.3. The Balaban J connectivity index is 1.39. The van der Waals surface area contributed by atoms with Crippen molar-refractivity contribution in [2.75, 3.05) is 50.2 Å². The molecule has 276 valence electrons. The van der Waals surface area contributed by atoms with Crippen molar-refractivity contribution in [3.05, 3.63) is 71.8 Å². The van der Waals surface area contributed by atoms with Crippen LogP contribution in [0.15, 0.2) is 65.6 Å². The SMILES string of the molecule is Cc1ccc(S(=O)(=O)Nc2ccc3c(c2)C(=O)N([C@H](C)CO)C[C@H](C)[C@H](CN(C)C(=O)Nc2ccc4c(c2)OCO4)OCCCC[C@@H](C)O3)cc1. The number of aliphatic hydroxyl groups is 1. The Morgan fingerprint density at radius 3 is 2.45 bits per heavy atom. The molecule has 3 aromatic carbocycles. The largest absolute Gasteiger partial charge is 0.490 e. The molecule has 4 atom stereocenters. The predicted molar refractivity (Wildman–Crippen MR) is 193 cm³/mol. The Bertz CT molecular complexity index is 1790. The highest BCUT2D eigenvalue weighted by Gasteiger charge is 2.31. The van der Waals surface area contributed by atoms with Gasteiger partial charge in [0.15, 0.2) is 11.5 Å². The van der Waals surface area contributed by atoms with Crippen LogP contribution in [0.2, 0.25) is 0 Å². The summed E-state index contributed by atoms with van der Waals surface area (Å²) < 4.78 is 52.5. The molecule has 51 heavy (non-hydrogen) atoms. The molecule has 0 bridgehead atoms. The van der Waals surface area contributed by atoms with Crippen molar-refractivity contribution in [2.24, 2.45) is 5.92 Å². The lowest BCUT2D eigenvalue weighted by Crippen LogP contribution is -2.48. The van der Waals surface area contributed by atoms with E-state index in [-0.39, 0.29) is 60.7 Å². The molecule has 0 unspecified atom stereocenters. The number of hydrogen-bond donors (Lipinski definition) is 3. The van der Waals surface area contributed by atoms with E-state index in [2.05, 4.69) is 10.0 Å². The lowest BCUT2D eigenvalue weighted by atomic mass is 10.0. The molecule has 0 radical (unpaired) electrons. The average molecular weight is 725 g/mol. The van der Waals surface area contributed by atoms with Gasteiger partial charge in [0.1, 0.15) is 5.75 Å². The maximum atomic E-state index is 14.4. The average Bonchev–Trinajstić information content (AvgIpc) is 3.57. The molecule has 0 spiro atoms. The van der Waals surface area contributed by atoms with Crippen LogP contribution in [0.4, 0.5) is 16.2 Å². The van der Waals surface area contributed by atoms with Gasteiger partial charge in [0, 0.05) is 50.1 Å². The van der Waals surface area contributed by atoms with Crippen LogP contribution >= 0.6 is 0 Å². The number of benzene rings is 3. The molecule has 2 heterocycles. The van der Waals surface area contributed by atoms with Gasteiger partial charge in [-0.3, -0.25) is 9.52 Å². The molecular formula is C37H48N4O9S. The number of nitrogens with zero attached hydrogens (tertiary/aromatic N) is 2. The summed E-state index contributed by atoms with van der Waals surface area (Å²) in [5, 5.41) is 13.2. The number of hydrogen-bond acceptors (Lipinski definition) is 9. The first-order valence-electron chi connectivity index (χ1n) is 17.2. The van der Waals surface area contributed by atoms with Gasteiger partial charge in [-0.1, -0.05) is 24.6 Å². The first-order valence-corrected chi connectivity index (χ1v) is 18.7. The number of carbonyl (C=O) groups excluding carboxylic acids is 2. The summed E-state index contributed by atoms with van der Waals surface area (Å²) in [5.74, 6) is 0.768. The third-order valence-electron chi connectivity index (χ3n) is 9.06. The Morgan fingerprint density at radius 2 is 1.71 bits per heavy atom. The van der Waals surface area contributed by atoms with E-state index < -0.39 is 28.1 Å². The van der Waals surface area contributed by atoms with Crippen molar-refractivity contribution < 1.29 is 42.1 Å². The Kier molecular flexibility index (Phi) is 12.3. The lowest BCUT2D eigenvalue weighted by Gasteiger charge is -2.35. The summed E-state index contributed by atoms with van der Waals surface area (Å²) in [7, 11) is -2.27. The molecular weight excluding hydrogens is 676 g/mol. The predicted octanol–water partition coefficient (Wildman–Crippen LogP) is 5.48. The summed E-state index contributed by atoms with van der Waals surface area (Å²) in [6, 6.07) is 15.4. The van der Waals surface area contributed by atoms with E-state index in [1.54, 1.807) is 61.3 Å². The van der Waals surface area contributed by atoms with Crippen molar-refractivity contribution >= 4 is 33.3 Å². The van der Waals surface area contributed by atoms with Gasteiger partial charge in [-0.05, 0) is 82.5 Å². The summed E-state index contributed by atoms with van der Waals surface area (Å²) in [4.78, 5) is 30.9. The van der Waals surface area contributed by atoms with Gasteiger partial charge in [-0.15, -0.1) is 0 Å². The molecule has 0 saturated heterocycles. The number of anilines is 2. The third kappa shape index (κ3) is 9.63. The number of ether oxygens (including phenoxy) is 4. The molecule has 3 N–H and O–H groups in total. The van der Waals surface area contributed by atoms with Gasteiger partial charge in [0.05, 0.1) is 35.3 Å². The van der Waals surface area contributed by atoms with Gasteiger partial charge >= 0.3 is 6.03 Å². The lowest BCUT2D eigenvalue weighted by molar-refractivity contribution is -0.0115. The number of carbonyl (C=O) groups is 2. The van der Waals surface area contributed by atoms with Crippen LogP contribution in [0.1, 0.15) is 56.0 Å². The molecule has 0 fully saturated rings. The number of sulfonamides is 1. The highest BCUT2D eigenvalue weighted by atomic mass is 32.2. The van der Waals surface area contributed by atoms with Gasteiger partial charge in [-0.25, -0.2) is 13.2 Å². The van der Waals surface area contributed by atoms with Crippen molar-refractivity contribution in [1.29, 1.82) is 0 Å². The highest BCUT2D eigenvalue weighted by Crippen LogP contribution is 2.34. The van der Waals surface area contributed by atoms with Crippen molar-refractivity contribution in [3.8, 4) is 17.2 Å². The molecule has 2 aliphatic heterocycles. The molecule has 0 aromatic heterocycles. The van der Waals surface area contributed by atoms with E-state index in [1.165, 1.54) is 23.1 Å². The zero-order chi connectivity index (χ0) is 36.7. The number of aryl methyl sites for hydroxylation is 1. The quantitative estimate of drug-likeness (QED) is 0.274. The van der Waals surface area contributed by atoms with E-state index in [4.69, 9.17) is 18.9 Å². The topological polar surface area (TPSA) is 156 Å². The number of nitrogens with one attached hydrogen (secondary N) is 2. The second-order valence-corrected chi connectivity index (χ2v) is 15.0. The van der Waals surface area contributed by atoms with Gasteiger partial charge in [-0.2, -0.15) is 0 Å². The normalized spacial score (nSPS) is 20.4. The summed E-state index contributed by atoms with van der Waals surface area (Å²) >= 11 is 0. The molecule has 3 amide bonds. The van der Waals surface area contributed by atoms with E-state index in [1.807, 2.05) is 20.8 Å². The van der Waals surface area contributed by atoms with Crippen LogP contribution in [-0.2, 0) is 14.8 Å². The van der Waals surface area contributed by atoms with Crippen LogP contribution < -0.4 is 24.2 Å². The number of rotatable bonds is 8. The van der Waals surface area contributed by atoms with Crippen molar-refractivity contribution in [2.45, 2.75) is 70.1 Å². The maximum absolute atomic E-state index is 14.4. The van der Waals surface area contributed by atoms with Crippen molar-refractivity contribution in [3.63, 3.8) is 0 Å². The van der Waals surface area contributed by atoms with Crippen LogP contribution in [0.5, 0.6) is 17.2 Å². The number of fused-ring (bicyclic) bond motifs is 2. The number of amides is 3. The molecule has 0 saturated carbocycles. The van der Waals surface area contributed by atoms with Gasteiger partial charge in [0.2, 0.25) is 6.79 Å². The fourth-order valence-corrected chi connectivity index (χ4v) is 6.98. The Hall–Kier alpha value is -4.53. The maximum Gasteiger partial charge on any atom is 0.321 e. The number of aliphatic hydroxyl groups excluding tert-OH is 1. The number of likely N-dealkylation sites (N-methyl/N-ethyl adjacent to an activating group) is 1. The molecule has 14 heteroatoms. The second-order valence-electron chi connectivity index (χ2n) is 13.3. The smallest absolute Gasteiger partial charge is 0.321 e. The van der Waals surface area contributed by atoms with Crippen LogP contribution in [0, 0.1) is 12.8 Å².